The standard InChI is InChI=1S/C12H14FN3OS/c1-6-4-11(9(7(2)14)5-10(6)13)18-12-16-15-8(3)17-12/h4-5,7H,14H2,1-3H3. The van der Waals surface area contributed by atoms with Gasteiger partial charge in [0.25, 0.3) is 5.22 Å². The lowest BCUT2D eigenvalue weighted by molar-refractivity contribution is 0.429. The van der Waals surface area contributed by atoms with Crippen molar-refractivity contribution >= 4 is 11.8 Å². The van der Waals surface area contributed by atoms with Crippen LogP contribution < -0.4 is 5.73 Å². The molecule has 1 unspecified atom stereocenters. The van der Waals surface area contributed by atoms with Crippen LogP contribution in [0, 0.1) is 19.7 Å². The van der Waals surface area contributed by atoms with Gasteiger partial charge in [-0.25, -0.2) is 4.39 Å². The molecule has 2 N–H and O–H groups in total. The number of benzene rings is 1. The summed E-state index contributed by atoms with van der Waals surface area (Å²) in [5.74, 6) is 0.243. The average Bonchev–Trinajstić information content (AvgIpc) is 2.68. The molecular weight excluding hydrogens is 253 g/mol. The molecule has 18 heavy (non-hydrogen) atoms. The molecule has 2 aromatic rings. The predicted molar refractivity (Wildman–Crippen MR) is 66.9 cm³/mol. The molecule has 0 bridgehead atoms. The third-order valence-electron chi connectivity index (χ3n) is 2.49. The van der Waals surface area contributed by atoms with Gasteiger partial charge in [0.05, 0.1) is 0 Å². The van der Waals surface area contributed by atoms with Gasteiger partial charge >= 0.3 is 0 Å². The summed E-state index contributed by atoms with van der Waals surface area (Å²) < 4.78 is 18.8. The van der Waals surface area contributed by atoms with E-state index in [1.807, 2.05) is 6.92 Å². The van der Waals surface area contributed by atoms with Gasteiger partial charge in [-0.1, -0.05) is 0 Å². The molecule has 0 saturated carbocycles. The normalized spacial score (nSPS) is 12.7. The van der Waals surface area contributed by atoms with Crippen molar-refractivity contribution in [2.24, 2.45) is 5.73 Å². The van der Waals surface area contributed by atoms with Gasteiger partial charge < -0.3 is 10.2 Å². The first-order valence-electron chi connectivity index (χ1n) is 5.51. The van der Waals surface area contributed by atoms with Crippen LogP contribution in [0.15, 0.2) is 26.7 Å². The molecule has 0 aliphatic carbocycles. The minimum Gasteiger partial charge on any atom is -0.416 e. The number of rotatable bonds is 3. The zero-order valence-corrected chi connectivity index (χ0v) is 11.2. The monoisotopic (exact) mass is 267 g/mol. The highest BCUT2D eigenvalue weighted by molar-refractivity contribution is 7.99. The Kier molecular flexibility index (Phi) is 3.68. The number of nitrogens with zero attached hydrogens (tertiary/aromatic N) is 2. The van der Waals surface area contributed by atoms with Crippen molar-refractivity contribution in [1.82, 2.24) is 10.2 Å². The van der Waals surface area contributed by atoms with Crippen LogP contribution >= 0.6 is 11.8 Å². The van der Waals surface area contributed by atoms with Gasteiger partial charge in [0.2, 0.25) is 5.89 Å². The summed E-state index contributed by atoms with van der Waals surface area (Å²) in [6.45, 7) is 5.25. The van der Waals surface area contributed by atoms with E-state index in [0.717, 1.165) is 10.5 Å². The van der Waals surface area contributed by atoms with E-state index in [9.17, 15) is 4.39 Å². The van der Waals surface area contributed by atoms with E-state index in [0.29, 0.717) is 16.7 Å². The molecule has 0 aliphatic rings. The van der Waals surface area contributed by atoms with Gasteiger partial charge in [0.15, 0.2) is 0 Å². The Hall–Kier alpha value is -1.40. The van der Waals surface area contributed by atoms with Crippen LogP contribution in [0.5, 0.6) is 0 Å². The molecule has 4 nitrogen and oxygen atoms in total. The van der Waals surface area contributed by atoms with Crippen LogP contribution in [-0.4, -0.2) is 10.2 Å². The maximum absolute atomic E-state index is 13.5. The Bertz CT molecular complexity index is 568. The zero-order valence-electron chi connectivity index (χ0n) is 10.4. The van der Waals surface area contributed by atoms with E-state index >= 15 is 0 Å². The molecule has 1 heterocycles. The predicted octanol–water partition coefficient (Wildman–Crippen LogP) is 3.00. The number of hydrogen-bond donors (Lipinski definition) is 1. The maximum Gasteiger partial charge on any atom is 0.281 e. The summed E-state index contributed by atoms with van der Waals surface area (Å²) in [7, 11) is 0. The molecule has 1 aromatic carbocycles. The van der Waals surface area contributed by atoms with Gasteiger partial charge in [-0.05, 0) is 48.9 Å². The van der Waals surface area contributed by atoms with Gasteiger partial charge in [-0.2, -0.15) is 0 Å². The fourth-order valence-corrected chi connectivity index (χ4v) is 2.56. The fourth-order valence-electron chi connectivity index (χ4n) is 1.53. The van der Waals surface area contributed by atoms with Crippen LogP contribution in [0.25, 0.3) is 0 Å². The minimum absolute atomic E-state index is 0.256. The second-order valence-electron chi connectivity index (χ2n) is 4.12. The number of aromatic nitrogens is 2. The largest absolute Gasteiger partial charge is 0.416 e. The van der Waals surface area contributed by atoms with Crippen molar-refractivity contribution in [3.05, 3.63) is 35.0 Å². The summed E-state index contributed by atoms with van der Waals surface area (Å²) in [6.07, 6.45) is 0. The molecule has 0 saturated heterocycles. The van der Waals surface area contributed by atoms with Gasteiger partial charge in [0.1, 0.15) is 5.82 Å². The molecular formula is C12H14FN3OS. The average molecular weight is 267 g/mol. The van der Waals surface area contributed by atoms with Gasteiger partial charge in [-0.15, -0.1) is 10.2 Å². The van der Waals surface area contributed by atoms with Crippen LogP contribution in [-0.2, 0) is 0 Å². The highest BCUT2D eigenvalue weighted by Gasteiger charge is 2.14. The third kappa shape index (κ3) is 2.70. The second-order valence-corrected chi connectivity index (χ2v) is 5.11. The van der Waals surface area contributed by atoms with Crippen molar-refractivity contribution in [3.8, 4) is 0 Å². The lowest BCUT2D eigenvalue weighted by atomic mass is 10.1. The maximum atomic E-state index is 13.5. The Balaban J connectivity index is 2.39. The fraction of sp³-hybridized carbons (Fsp3) is 0.333. The Morgan fingerprint density at radius 2 is 2.06 bits per heavy atom. The molecule has 0 spiro atoms. The lowest BCUT2D eigenvalue weighted by Crippen LogP contribution is -2.07. The summed E-state index contributed by atoms with van der Waals surface area (Å²) in [5, 5.41) is 8.09. The summed E-state index contributed by atoms with van der Waals surface area (Å²) in [4.78, 5) is 0.840. The Labute approximate surface area is 109 Å². The van der Waals surface area contributed by atoms with Gasteiger partial charge in [0, 0.05) is 17.9 Å². The second kappa shape index (κ2) is 5.07. The molecule has 2 rings (SSSR count). The summed E-state index contributed by atoms with van der Waals surface area (Å²) >= 11 is 1.30. The highest BCUT2D eigenvalue weighted by atomic mass is 32.2. The smallest absolute Gasteiger partial charge is 0.281 e. The van der Waals surface area contributed by atoms with Crippen molar-refractivity contribution in [3.63, 3.8) is 0 Å². The van der Waals surface area contributed by atoms with Crippen LogP contribution in [0.2, 0.25) is 0 Å². The van der Waals surface area contributed by atoms with E-state index in [4.69, 9.17) is 10.2 Å². The van der Waals surface area contributed by atoms with E-state index < -0.39 is 0 Å². The van der Waals surface area contributed by atoms with Gasteiger partial charge in [-0.3, -0.25) is 0 Å². The van der Waals surface area contributed by atoms with Crippen molar-refractivity contribution < 1.29 is 8.81 Å². The van der Waals surface area contributed by atoms with E-state index in [1.165, 1.54) is 17.8 Å². The first-order valence-corrected chi connectivity index (χ1v) is 6.32. The molecule has 1 aromatic heterocycles. The third-order valence-corrected chi connectivity index (χ3v) is 3.40. The molecule has 0 amide bonds. The number of halogens is 1. The first-order chi connectivity index (χ1) is 8.47. The van der Waals surface area contributed by atoms with E-state index in [2.05, 4.69) is 10.2 Å². The number of hydrogen-bond acceptors (Lipinski definition) is 5. The summed E-state index contributed by atoms with van der Waals surface area (Å²) in [6, 6.07) is 2.95. The first kappa shape index (κ1) is 13.0. The number of nitrogens with two attached hydrogens (primary N) is 1. The molecule has 0 fully saturated rings. The van der Waals surface area contributed by atoms with Crippen molar-refractivity contribution in [2.45, 2.75) is 36.9 Å². The number of aryl methyl sites for hydroxylation is 2. The van der Waals surface area contributed by atoms with Crippen LogP contribution in [0.3, 0.4) is 0 Å². The van der Waals surface area contributed by atoms with Crippen molar-refractivity contribution in [2.75, 3.05) is 0 Å². The quantitative estimate of drug-likeness (QED) is 0.926. The SMILES string of the molecule is Cc1nnc(Sc2cc(C)c(F)cc2C(C)N)o1. The molecule has 1 atom stereocenters. The Morgan fingerprint density at radius 1 is 1.33 bits per heavy atom. The zero-order chi connectivity index (χ0) is 13.3. The molecule has 0 aliphatic heterocycles. The lowest BCUT2D eigenvalue weighted by Gasteiger charge is -2.12. The molecule has 96 valence electrons. The topological polar surface area (TPSA) is 64.9 Å². The minimum atomic E-state index is -0.258. The van der Waals surface area contributed by atoms with Crippen LogP contribution in [0.1, 0.15) is 30.0 Å². The highest BCUT2D eigenvalue weighted by Crippen LogP contribution is 2.33. The molecule has 0 radical (unpaired) electrons. The van der Waals surface area contributed by atoms with E-state index in [1.54, 1.807) is 19.9 Å². The van der Waals surface area contributed by atoms with E-state index in [-0.39, 0.29) is 11.9 Å². The summed E-state index contributed by atoms with van der Waals surface area (Å²) in [5.41, 5.74) is 7.15. The van der Waals surface area contributed by atoms with Crippen LogP contribution in [0.4, 0.5) is 4.39 Å². The Morgan fingerprint density at radius 3 is 2.61 bits per heavy atom. The molecule has 6 heteroatoms. The van der Waals surface area contributed by atoms with Crippen molar-refractivity contribution in [1.29, 1.82) is 0 Å².